The molecule has 0 spiro atoms. The third kappa shape index (κ3) is 3.14. The van der Waals surface area contributed by atoms with Crippen LogP contribution in [0.25, 0.3) is 20.9 Å². The first-order valence-electron chi connectivity index (χ1n) is 7.80. The molecule has 4 rings (SSSR count). The second-order valence-corrected chi connectivity index (χ2v) is 6.62. The molecule has 0 radical (unpaired) electrons. The lowest BCUT2D eigenvalue weighted by Gasteiger charge is -2.07. The number of thiazole rings is 1. The molecule has 0 aliphatic heterocycles. The molecule has 0 aliphatic rings. The first kappa shape index (κ1) is 15.5. The molecule has 2 aromatic heterocycles. The smallest absolute Gasteiger partial charge is 0.345 e. The highest BCUT2D eigenvalue weighted by atomic mass is 32.1. The van der Waals surface area contributed by atoms with Crippen LogP contribution in [0.1, 0.15) is 15.9 Å². The van der Waals surface area contributed by atoms with Gasteiger partial charge in [0.15, 0.2) is 0 Å². The average molecular weight is 346 g/mol. The van der Waals surface area contributed by atoms with Gasteiger partial charge in [0.05, 0.1) is 15.8 Å². The quantitative estimate of drug-likeness (QED) is 0.392. The number of hydrogen-bond acceptors (Lipinski definition) is 5. The fourth-order valence-corrected chi connectivity index (χ4v) is 3.46. The molecular formula is C20H14N2O2S. The van der Waals surface area contributed by atoms with Gasteiger partial charge in [0.25, 0.3) is 0 Å². The Morgan fingerprint density at radius 3 is 2.60 bits per heavy atom. The standard InChI is InChI=1S/C20H14N2O2S/c1-13-8-10-14(11-9-13)24-20(23)15-5-4-12-21-18(15)19-22-16-6-2-3-7-17(16)25-19/h2-12H,1H3. The first-order valence-corrected chi connectivity index (χ1v) is 8.62. The number of aryl methyl sites for hydroxylation is 1. The van der Waals surface area contributed by atoms with Gasteiger partial charge in [-0.05, 0) is 43.3 Å². The zero-order valence-electron chi connectivity index (χ0n) is 13.5. The van der Waals surface area contributed by atoms with E-state index < -0.39 is 5.97 Å². The molecule has 0 saturated heterocycles. The number of para-hydroxylation sites is 1. The van der Waals surface area contributed by atoms with Crippen LogP contribution in [0.2, 0.25) is 0 Å². The molecule has 0 fully saturated rings. The largest absolute Gasteiger partial charge is 0.423 e. The van der Waals surface area contributed by atoms with Crippen molar-refractivity contribution in [1.29, 1.82) is 0 Å². The summed E-state index contributed by atoms with van der Waals surface area (Å²) in [6.45, 7) is 1.98. The Hall–Kier alpha value is -3.05. The van der Waals surface area contributed by atoms with Gasteiger partial charge in [-0.15, -0.1) is 11.3 Å². The molecule has 5 heteroatoms. The van der Waals surface area contributed by atoms with Crippen LogP contribution in [0.5, 0.6) is 5.75 Å². The van der Waals surface area contributed by atoms with Crippen LogP contribution in [-0.4, -0.2) is 15.9 Å². The normalized spacial score (nSPS) is 10.8. The molecule has 25 heavy (non-hydrogen) atoms. The van der Waals surface area contributed by atoms with Crippen molar-refractivity contribution in [3.8, 4) is 16.5 Å². The summed E-state index contributed by atoms with van der Waals surface area (Å²) in [6, 6.07) is 18.7. The third-order valence-electron chi connectivity index (χ3n) is 3.76. The number of benzene rings is 2. The highest BCUT2D eigenvalue weighted by Crippen LogP contribution is 2.31. The van der Waals surface area contributed by atoms with Gasteiger partial charge in [-0.2, -0.15) is 0 Å². The zero-order valence-corrected chi connectivity index (χ0v) is 14.3. The molecule has 2 aromatic carbocycles. The number of nitrogens with zero attached hydrogens (tertiary/aromatic N) is 2. The van der Waals surface area contributed by atoms with E-state index in [9.17, 15) is 4.79 Å². The Morgan fingerprint density at radius 1 is 1.00 bits per heavy atom. The summed E-state index contributed by atoms with van der Waals surface area (Å²) in [5.41, 5.74) is 2.95. The van der Waals surface area contributed by atoms with E-state index in [2.05, 4.69) is 9.97 Å². The summed E-state index contributed by atoms with van der Waals surface area (Å²) in [7, 11) is 0. The molecule has 0 unspecified atom stereocenters. The second kappa shape index (κ2) is 6.45. The van der Waals surface area contributed by atoms with E-state index in [0.717, 1.165) is 15.8 Å². The molecule has 0 amide bonds. The lowest BCUT2D eigenvalue weighted by molar-refractivity contribution is 0.0735. The van der Waals surface area contributed by atoms with Crippen LogP contribution in [0.15, 0.2) is 66.9 Å². The molecule has 0 N–H and O–H groups in total. The monoisotopic (exact) mass is 346 g/mol. The predicted molar refractivity (Wildman–Crippen MR) is 99.0 cm³/mol. The minimum Gasteiger partial charge on any atom is -0.423 e. The number of rotatable bonds is 3. The summed E-state index contributed by atoms with van der Waals surface area (Å²) >= 11 is 1.51. The molecule has 4 nitrogen and oxygen atoms in total. The maximum absolute atomic E-state index is 12.6. The van der Waals surface area contributed by atoms with Crippen LogP contribution in [0.3, 0.4) is 0 Å². The fourth-order valence-electron chi connectivity index (χ4n) is 2.48. The van der Waals surface area contributed by atoms with Crippen molar-refractivity contribution in [1.82, 2.24) is 9.97 Å². The Bertz CT molecular complexity index is 1020. The van der Waals surface area contributed by atoms with E-state index in [1.807, 2.05) is 43.3 Å². The molecule has 0 saturated carbocycles. The number of pyridine rings is 1. The number of aromatic nitrogens is 2. The van der Waals surface area contributed by atoms with Gasteiger partial charge in [-0.1, -0.05) is 29.8 Å². The van der Waals surface area contributed by atoms with Gasteiger partial charge in [0, 0.05) is 6.20 Å². The average Bonchev–Trinajstić information content (AvgIpc) is 3.07. The Kier molecular flexibility index (Phi) is 3.99. The second-order valence-electron chi connectivity index (χ2n) is 5.59. The van der Waals surface area contributed by atoms with E-state index in [4.69, 9.17) is 4.74 Å². The molecule has 0 bridgehead atoms. The maximum atomic E-state index is 12.6. The van der Waals surface area contributed by atoms with E-state index in [1.54, 1.807) is 30.5 Å². The van der Waals surface area contributed by atoms with Crippen LogP contribution in [-0.2, 0) is 0 Å². The van der Waals surface area contributed by atoms with E-state index >= 15 is 0 Å². The number of carbonyl (C=O) groups excluding carboxylic acids is 1. The molecule has 2 heterocycles. The SMILES string of the molecule is Cc1ccc(OC(=O)c2cccnc2-c2nc3ccccc3s2)cc1. The zero-order chi connectivity index (χ0) is 17.2. The van der Waals surface area contributed by atoms with Crippen molar-refractivity contribution in [2.45, 2.75) is 6.92 Å². The van der Waals surface area contributed by atoms with Gasteiger partial charge in [-0.3, -0.25) is 4.98 Å². The van der Waals surface area contributed by atoms with E-state index in [-0.39, 0.29) is 0 Å². The van der Waals surface area contributed by atoms with Crippen LogP contribution < -0.4 is 4.74 Å². The van der Waals surface area contributed by atoms with Gasteiger partial charge in [0.1, 0.15) is 16.5 Å². The van der Waals surface area contributed by atoms with Crippen molar-refractivity contribution in [3.63, 3.8) is 0 Å². The third-order valence-corrected chi connectivity index (χ3v) is 4.80. The van der Waals surface area contributed by atoms with Gasteiger partial charge >= 0.3 is 5.97 Å². The molecular weight excluding hydrogens is 332 g/mol. The highest BCUT2D eigenvalue weighted by Gasteiger charge is 2.18. The number of carbonyl (C=O) groups is 1. The fraction of sp³-hybridized carbons (Fsp3) is 0.0500. The van der Waals surface area contributed by atoms with Crippen molar-refractivity contribution < 1.29 is 9.53 Å². The lowest BCUT2D eigenvalue weighted by Crippen LogP contribution is -2.10. The minimum atomic E-state index is -0.439. The van der Waals surface area contributed by atoms with Crippen LogP contribution in [0.4, 0.5) is 0 Å². The number of ether oxygens (including phenoxy) is 1. The summed E-state index contributed by atoms with van der Waals surface area (Å²) < 4.78 is 6.55. The summed E-state index contributed by atoms with van der Waals surface area (Å²) in [5, 5.41) is 0.706. The summed E-state index contributed by atoms with van der Waals surface area (Å²) in [6.07, 6.45) is 1.66. The Balaban J connectivity index is 1.70. The van der Waals surface area contributed by atoms with Crippen molar-refractivity contribution >= 4 is 27.5 Å². The number of hydrogen-bond donors (Lipinski definition) is 0. The molecule has 4 aromatic rings. The predicted octanol–water partition coefficient (Wildman–Crippen LogP) is 4.89. The summed E-state index contributed by atoms with van der Waals surface area (Å²) in [4.78, 5) is 21.6. The summed E-state index contributed by atoms with van der Waals surface area (Å²) in [5.74, 6) is 0.0703. The van der Waals surface area contributed by atoms with Gasteiger partial charge in [-0.25, -0.2) is 9.78 Å². The highest BCUT2D eigenvalue weighted by molar-refractivity contribution is 7.21. The lowest BCUT2D eigenvalue weighted by atomic mass is 10.2. The van der Waals surface area contributed by atoms with Crippen molar-refractivity contribution in [2.75, 3.05) is 0 Å². The van der Waals surface area contributed by atoms with E-state index in [1.165, 1.54) is 11.3 Å². The first-order chi connectivity index (χ1) is 12.2. The Morgan fingerprint density at radius 2 is 1.80 bits per heavy atom. The Labute approximate surface area is 148 Å². The molecule has 0 atom stereocenters. The number of esters is 1. The van der Waals surface area contributed by atoms with Crippen LogP contribution >= 0.6 is 11.3 Å². The van der Waals surface area contributed by atoms with E-state index in [0.29, 0.717) is 22.0 Å². The molecule has 0 aliphatic carbocycles. The maximum Gasteiger partial charge on any atom is 0.345 e. The van der Waals surface area contributed by atoms with Gasteiger partial charge < -0.3 is 4.74 Å². The number of fused-ring (bicyclic) bond motifs is 1. The minimum absolute atomic E-state index is 0.405. The van der Waals surface area contributed by atoms with Gasteiger partial charge in [0.2, 0.25) is 0 Å². The molecule has 122 valence electrons. The van der Waals surface area contributed by atoms with Crippen molar-refractivity contribution in [3.05, 3.63) is 78.0 Å². The van der Waals surface area contributed by atoms with Crippen molar-refractivity contribution in [2.24, 2.45) is 0 Å². The topological polar surface area (TPSA) is 52.1 Å². The van der Waals surface area contributed by atoms with Crippen LogP contribution in [0, 0.1) is 6.92 Å².